The standard InChI is InChI=1S/C28H32FN3O2/c1-5-22(34)32-14-28(15-32)8-9-31(13-28)26-24(29)23(19-12-18(33)7-6-16(19)2)20-10-17-11-21(25(20)30-26)27(17,3)4/h5-7,12,17,21,33H,1,8-11,13-15H2,2-4H3/t17-,21-/m0/s1. The first-order valence-electron chi connectivity index (χ1n) is 12.3. The maximum Gasteiger partial charge on any atom is 0.245 e. The molecule has 2 aliphatic heterocycles. The van der Waals surface area contributed by atoms with Gasteiger partial charge in [-0.1, -0.05) is 26.5 Å². The smallest absolute Gasteiger partial charge is 0.245 e. The molecule has 7 rings (SSSR count). The monoisotopic (exact) mass is 461 g/mol. The number of likely N-dealkylation sites (tertiary alicyclic amines) is 1. The van der Waals surface area contributed by atoms with E-state index in [2.05, 4.69) is 25.3 Å². The summed E-state index contributed by atoms with van der Waals surface area (Å²) in [5, 5.41) is 10.2. The van der Waals surface area contributed by atoms with Crippen LogP contribution in [0.1, 0.15) is 49.4 Å². The maximum atomic E-state index is 16.4. The van der Waals surface area contributed by atoms with E-state index in [9.17, 15) is 9.90 Å². The summed E-state index contributed by atoms with van der Waals surface area (Å²) >= 11 is 0. The number of benzene rings is 1. The van der Waals surface area contributed by atoms with Gasteiger partial charge in [-0.05, 0) is 72.4 Å². The third-order valence-electron chi connectivity index (χ3n) is 9.27. The van der Waals surface area contributed by atoms with Crippen molar-refractivity contribution in [2.75, 3.05) is 31.1 Å². The van der Waals surface area contributed by atoms with Crippen LogP contribution in [0.3, 0.4) is 0 Å². The average Bonchev–Trinajstić information content (AvgIpc) is 3.24. The second-order valence-corrected chi connectivity index (χ2v) is 11.6. The van der Waals surface area contributed by atoms with Crippen molar-refractivity contribution < 1.29 is 14.3 Å². The fourth-order valence-corrected chi connectivity index (χ4v) is 6.96. The lowest BCUT2D eigenvalue weighted by Crippen LogP contribution is -2.59. The number of rotatable bonds is 3. The van der Waals surface area contributed by atoms with Gasteiger partial charge in [0, 0.05) is 43.1 Å². The first-order valence-corrected chi connectivity index (χ1v) is 12.3. The van der Waals surface area contributed by atoms with Crippen LogP contribution >= 0.6 is 0 Å². The molecule has 178 valence electrons. The van der Waals surface area contributed by atoms with E-state index in [4.69, 9.17) is 4.98 Å². The van der Waals surface area contributed by atoms with Crippen molar-refractivity contribution in [3.63, 3.8) is 0 Å². The molecule has 1 N–H and O–H groups in total. The van der Waals surface area contributed by atoms with Gasteiger partial charge in [0.05, 0.1) is 5.69 Å². The Morgan fingerprint density at radius 1 is 1.29 bits per heavy atom. The van der Waals surface area contributed by atoms with E-state index in [1.807, 2.05) is 17.9 Å². The number of hydrogen-bond acceptors (Lipinski definition) is 4. The molecule has 1 aromatic heterocycles. The van der Waals surface area contributed by atoms with Crippen LogP contribution in [0.25, 0.3) is 11.1 Å². The number of aromatic nitrogens is 1. The summed E-state index contributed by atoms with van der Waals surface area (Å²) in [5.74, 6) is 1.13. The quantitative estimate of drug-likeness (QED) is 0.667. The number of carbonyl (C=O) groups excluding carboxylic acids is 1. The largest absolute Gasteiger partial charge is 0.508 e. The minimum Gasteiger partial charge on any atom is -0.508 e. The summed E-state index contributed by atoms with van der Waals surface area (Å²) in [6, 6.07) is 5.21. The third kappa shape index (κ3) is 2.90. The number of phenolic OH excluding ortho intramolecular Hbond substituents is 1. The van der Waals surface area contributed by atoms with Crippen molar-refractivity contribution in [3.05, 3.63) is 53.5 Å². The molecule has 34 heavy (non-hydrogen) atoms. The zero-order valence-corrected chi connectivity index (χ0v) is 20.2. The van der Waals surface area contributed by atoms with E-state index in [1.165, 1.54) is 6.08 Å². The molecular formula is C28H32FN3O2. The highest BCUT2D eigenvalue weighted by molar-refractivity contribution is 5.87. The Kier molecular flexibility index (Phi) is 4.49. The van der Waals surface area contributed by atoms with E-state index in [1.54, 1.807) is 12.1 Å². The van der Waals surface area contributed by atoms with Crippen molar-refractivity contribution >= 4 is 11.7 Å². The van der Waals surface area contributed by atoms with Crippen molar-refractivity contribution in [1.82, 2.24) is 9.88 Å². The van der Waals surface area contributed by atoms with Gasteiger partial charge in [0.1, 0.15) is 5.75 Å². The average molecular weight is 462 g/mol. The van der Waals surface area contributed by atoms with Crippen molar-refractivity contribution in [2.45, 2.75) is 46.0 Å². The molecule has 2 bridgehead atoms. The summed E-state index contributed by atoms with van der Waals surface area (Å²) in [4.78, 5) is 20.9. The van der Waals surface area contributed by atoms with Gasteiger partial charge >= 0.3 is 0 Å². The van der Waals surface area contributed by atoms with E-state index < -0.39 is 0 Å². The normalized spacial score (nSPS) is 25.5. The van der Waals surface area contributed by atoms with Crippen molar-refractivity contribution in [3.8, 4) is 16.9 Å². The summed E-state index contributed by atoms with van der Waals surface area (Å²) in [5.41, 5.74) is 4.57. The molecule has 0 unspecified atom stereocenters. The van der Waals surface area contributed by atoms with Gasteiger partial charge in [-0.15, -0.1) is 0 Å². The zero-order valence-electron chi connectivity index (χ0n) is 20.2. The van der Waals surface area contributed by atoms with Crippen LogP contribution in [0.15, 0.2) is 30.9 Å². The van der Waals surface area contributed by atoms with E-state index in [0.717, 1.165) is 48.2 Å². The molecule has 6 heteroatoms. The van der Waals surface area contributed by atoms with Crippen LogP contribution in [0, 0.1) is 29.5 Å². The number of aryl methyl sites for hydroxylation is 1. The van der Waals surface area contributed by atoms with Gasteiger partial charge in [0.15, 0.2) is 11.6 Å². The van der Waals surface area contributed by atoms with Gasteiger partial charge in [-0.25, -0.2) is 9.37 Å². The minimum atomic E-state index is -0.276. The molecule has 2 atom stereocenters. The lowest BCUT2D eigenvalue weighted by Gasteiger charge is -2.57. The molecule has 1 amide bonds. The summed E-state index contributed by atoms with van der Waals surface area (Å²) < 4.78 is 16.4. The number of pyridine rings is 1. The Bertz CT molecular complexity index is 1230. The zero-order chi connectivity index (χ0) is 24.0. The SMILES string of the molecule is C=CC(=O)N1CC2(CCN(c3nc4c(c(-c5cc(O)ccc5C)c3F)C[C@H]3C[C@@H]4C3(C)C)C2)C1. The van der Waals surface area contributed by atoms with E-state index >= 15 is 4.39 Å². The predicted octanol–water partition coefficient (Wildman–Crippen LogP) is 4.81. The number of halogens is 1. The predicted molar refractivity (Wildman–Crippen MR) is 130 cm³/mol. The van der Waals surface area contributed by atoms with Gasteiger partial charge in [0.2, 0.25) is 5.91 Å². The molecule has 3 fully saturated rings. The maximum absolute atomic E-state index is 16.4. The van der Waals surface area contributed by atoms with Crippen molar-refractivity contribution in [2.24, 2.45) is 16.7 Å². The number of phenols is 1. The molecule has 5 nitrogen and oxygen atoms in total. The van der Waals surface area contributed by atoms with Crippen LogP contribution in [-0.4, -0.2) is 47.1 Å². The summed E-state index contributed by atoms with van der Waals surface area (Å²) in [7, 11) is 0. The number of carbonyl (C=O) groups is 1. The Balaban J connectivity index is 1.44. The fourth-order valence-electron chi connectivity index (χ4n) is 6.96. The van der Waals surface area contributed by atoms with Gasteiger partial charge in [-0.2, -0.15) is 0 Å². The molecule has 2 saturated heterocycles. The molecule has 3 aliphatic carbocycles. The Morgan fingerprint density at radius 3 is 2.76 bits per heavy atom. The van der Waals surface area contributed by atoms with E-state index in [-0.39, 0.29) is 28.3 Å². The number of anilines is 1. The number of amides is 1. The first-order chi connectivity index (χ1) is 16.1. The molecule has 0 radical (unpaired) electrons. The van der Waals surface area contributed by atoms with Crippen LogP contribution in [0.2, 0.25) is 0 Å². The number of nitrogens with zero attached hydrogens (tertiary/aromatic N) is 3. The van der Waals surface area contributed by atoms with Crippen molar-refractivity contribution in [1.29, 1.82) is 0 Å². The number of aromatic hydroxyl groups is 1. The molecule has 1 spiro atoms. The van der Waals surface area contributed by atoms with Gasteiger partial charge in [0.25, 0.3) is 0 Å². The van der Waals surface area contributed by atoms with Crippen LogP contribution in [0.4, 0.5) is 10.2 Å². The summed E-state index contributed by atoms with van der Waals surface area (Å²) in [6.07, 6.45) is 4.22. The van der Waals surface area contributed by atoms with Gasteiger partial charge < -0.3 is 14.9 Å². The molecule has 2 aromatic rings. The highest BCUT2D eigenvalue weighted by Gasteiger charge is 2.55. The molecule has 1 saturated carbocycles. The lowest BCUT2D eigenvalue weighted by molar-refractivity contribution is -0.136. The van der Waals surface area contributed by atoms with Crippen LogP contribution < -0.4 is 4.90 Å². The Labute approximate surface area is 200 Å². The second kappa shape index (κ2) is 7.06. The second-order valence-electron chi connectivity index (χ2n) is 11.6. The first kappa shape index (κ1) is 21.6. The molecule has 3 heterocycles. The molecule has 5 aliphatic rings. The van der Waals surface area contributed by atoms with E-state index in [0.29, 0.717) is 42.9 Å². The van der Waals surface area contributed by atoms with Crippen LogP contribution in [-0.2, 0) is 11.2 Å². The summed E-state index contributed by atoms with van der Waals surface area (Å²) in [6.45, 7) is 13.0. The third-order valence-corrected chi connectivity index (χ3v) is 9.27. The Hall–Kier alpha value is -2.89. The lowest BCUT2D eigenvalue weighted by atomic mass is 9.48. The van der Waals surface area contributed by atoms with Crippen LogP contribution in [0.5, 0.6) is 5.75 Å². The molecular weight excluding hydrogens is 429 g/mol. The Morgan fingerprint density at radius 2 is 2.06 bits per heavy atom. The minimum absolute atomic E-state index is 0.00459. The van der Waals surface area contributed by atoms with Gasteiger partial charge in [-0.3, -0.25) is 4.79 Å². The highest BCUT2D eigenvalue weighted by Crippen LogP contribution is 2.63. The molecule has 1 aromatic carbocycles. The topological polar surface area (TPSA) is 56.7 Å². The number of hydrogen-bond donors (Lipinski definition) is 1. The highest BCUT2D eigenvalue weighted by atomic mass is 19.1. The fraction of sp³-hybridized carbons (Fsp3) is 0.500.